The van der Waals surface area contributed by atoms with Crippen molar-refractivity contribution in [3.63, 3.8) is 0 Å². The molecular weight excluding hydrogens is 364 g/mol. The molecule has 0 saturated heterocycles. The minimum absolute atomic E-state index is 0.0169. The number of ether oxygens (including phenoxy) is 2. The highest BCUT2D eigenvalue weighted by atomic mass is 16.5. The molecule has 1 aromatic carbocycles. The first-order valence-corrected chi connectivity index (χ1v) is 11.3. The van der Waals surface area contributed by atoms with Crippen molar-refractivity contribution in [3.8, 4) is 0 Å². The van der Waals surface area contributed by atoms with E-state index in [2.05, 4.69) is 34.6 Å². The molecule has 0 fully saturated rings. The zero-order valence-electron chi connectivity index (χ0n) is 19.1. The number of carbonyl (C=O) groups excluding carboxylic acids is 2. The number of rotatable bonds is 14. The summed E-state index contributed by atoms with van der Waals surface area (Å²) < 4.78 is 11.0. The second-order valence-electron chi connectivity index (χ2n) is 8.44. The van der Waals surface area contributed by atoms with Gasteiger partial charge >= 0.3 is 11.9 Å². The predicted octanol–water partition coefficient (Wildman–Crippen LogP) is 6.82. The zero-order valence-corrected chi connectivity index (χ0v) is 19.1. The van der Waals surface area contributed by atoms with Crippen molar-refractivity contribution in [1.82, 2.24) is 0 Å². The molecule has 4 nitrogen and oxygen atoms in total. The van der Waals surface area contributed by atoms with E-state index in [1.54, 1.807) is 24.3 Å². The lowest BCUT2D eigenvalue weighted by Crippen LogP contribution is -2.24. The Labute approximate surface area is 177 Å². The van der Waals surface area contributed by atoms with E-state index >= 15 is 0 Å². The first-order valence-electron chi connectivity index (χ1n) is 11.3. The SMILES string of the molecule is CCCCC(CC)COC(=O)c1ccc(C(=O)OCC(C)(CC)CCCC)cc1. The van der Waals surface area contributed by atoms with Crippen molar-refractivity contribution in [3.05, 3.63) is 35.4 Å². The molecule has 164 valence electrons. The van der Waals surface area contributed by atoms with Crippen LogP contribution in [0.25, 0.3) is 0 Å². The molecule has 4 heteroatoms. The van der Waals surface area contributed by atoms with Crippen molar-refractivity contribution >= 4 is 11.9 Å². The molecule has 2 atom stereocenters. The minimum Gasteiger partial charge on any atom is -0.462 e. The molecule has 0 heterocycles. The number of hydrogen-bond donors (Lipinski definition) is 0. The average molecular weight is 405 g/mol. The number of carbonyl (C=O) groups is 2. The Bertz CT molecular complexity index is 608. The summed E-state index contributed by atoms with van der Waals surface area (Å²) in [6, 6.07) is 6.56. The van der Waals surface area contributed by atoms with Crippen molar-refractivity contribution in [2.75, 3.05) is 13.2 Å². The highest BCUT2D eigenvalue weighted by Gasteiger charge is 2.24. The van der Waals surface area contributed by atoms with Crippen LogP contribution in [0.5, 0.6) is 0 Å². The monoisotopic (exact) mass is 404 g/mol. The smallest absolute Gasteiger partial charge is 0.338 e. The topological polar surface area (TPSA) is 52.6 Å². The van der Waals surface area contributed by atoms with Gasteiger partial charge in [0, 0.05) is 5.41 Å². The first kappa shape index (κ1) is 25.2. The molecule has 0 amide bonds. The standard InChI is InChI=1S/C25H40O4/c1-6-10-12-20(8-3)18-28-23(26)21-13-15-22(16-14-21)24(27)29-19-25(5,9-4)17-11-7-2/h13-16,20H,6-12,17-19H2,1-5H3. The Kier molecular flexibility index (Phi) is 11.6. The van der Waals surface area contributed by atoms with Crippen LogP contribution in [0.3, 0.4) is 0 Å². The van der Waals surface area contributed by atoms with Gasteiger partial charge in [0.2, 0.25) is 0 Å². The Morgan fingerprint density at radius 1 is 0.897 bits per heavy atom. The van der Waals surface area contributed by atoms with Crippen molar-refractivity contribution < 1.29 is 19.1 Å². The lowest BCUT2D eigenvalue weighted by atomic mass is 9.83. The van der Waals surface area contributed by atoms with Gasteiger partial charge in [-0.25, -0.2) is 9.59 Å². The van der Waals surface area contributed by atoms with E-state index in [-0.39, 0.29) is 17.4 Å². The summed E-state index contributed by atoms with van der Waals surface area (Å²) in [5.74, 6) is -0.265. The zero-order chi connectivity index (χ0) is 21.7. The largest absolute Gasteiger partial charge is 0.462 e. The van der Waals surface area contributed by atoms with Crippen molar-refractivity contribution in [2.24, 2.45) is 11.3 Å². The fourth-order valence-electron chi connectivity index (χ4n) is 3.20. The van der Waals surface area contributed by atoms with Gasteiger partial charge in [-0.2, -0.15) is 0 Å². The molecule has 0 aromatic heterocycles. The summed E-state index contributed by atoms with van der Waals surface area (Å²) in [6.07, 6.45) is 8.69. The molecule has 0 aliphatic heterocycles. The number of hydrogen-bond acceptors (Lipinski definition) is 4. The molecule has 0 radical (unpaired) electrons. The first-order chi connectivity index (χ1) is 13.9. The molecule has 1 rings (SSSR count). The maximum Gasteiger partial charge on any atom is 0.338 e. The van der Waals surface area contributed by atoms with Crippen LogP contribution in [0.2, 0.25) is 0 Å². The van der Waals surface area contributed by atoms with Gasteiger partial charge in [0.05, 0.1) is 24.3 Å². The number of esters is 2. The summed E-state index contributed by atoms with van der Waals surface area (Å²) in [4.78, 5) is 24.7. The molecule has 1 aromatic rings. The third kappa shape index (κ3) is 9.01. The van der Waals surface area contributed by atoms with E-state index in [1.807, 2.05) is 0 Å². The van der Waals surface area contributed by atoms with Gasteiger partial charge in [-0.1, -0.05) is 66.7 Å². The van der Waals surface area contributed by atoms with Crippen LogP contribution >= 0.6 is 0 Å². The van der Waals surface area contributed by atoms with Gasteiger partial charge in [-0.15, -0.1) is 0 Å². The summed E-state index contributed by atoms with van der Waals surface area (Å²) in [7, 11) is 0. The third-order valence-corrected chi connectivity index (χ3v) is 5.89. The predicted molar refractivity (Wildman–Crippen MR) is 118 cm³/mol. The van der Waals surface area contributed by atoms with Crippen LogP contribution in [0.1, 0.15) is 107 Å². The van der Waals surface area contributed by atoms with Crippen LogP contribution in [0.4, 0.5) is 0 Å². The second-order valence-corrected chi connectivity index (χ2v) is 8.44. The molecule has 0 bridgehead atoms. The maximum absolute atomic E-state index is 12.4. The van der Waals surface area contributed by atoms with E-state index in [0.29, 0.717) is 30.3 Å². The van der Waals surface area contributed by atoms with Crippen LogP contribution < -0.4 is 0 Å². The van der Waals surface area contributed by atoms with Gasteiger partial charge < -0.3 is 9.47 Å². The summed E-state index contributed by atoms with van der Waals surface area (Å²) >= 11 is 0. The Morgan fingerprint density at radius 3 is 1.93 bits per heavy atom. The van der Waals surface area contributed by atoms with Crippen LogP contribution in [0, 0.1) is 11.3 Å². The molecule has 0 saturated carbocycles. The van der Waals surface area contributed by atoms with Crippen molar-refractivity contribution in [1.29, 1.82) is 0 Å². The third-order valence-electron chi connectivity index (χ3n) is 5.89. The maximum atomic E-state index is 12.4. The van der Waals surface area contributed by atoms with Crippen molar-refractivity contribution in [2.45, 2.75) is 86.0 Å². The molecule has 0 N–H and O–H groups in total. The van der Waals surface area contributed by atoms with E-state index in [0.717, 1.165) is 51.4 Å². The Balaban J connectivity index is 2.57. The fourth-order valence-corrected chi connectivity index (χ4v) is 3.20. The molecule has 0 aliphatic carbocycles. The van der Waals surface area contributed by atoms with E-state index < -0.39 is 0 Å². The fraction of sp³-hybridized carbons (Fsp3) is 0.680. The molecule has 2 unspecified atom stereocenters. The average Bonchev–Trinajstić information content (AvgIpc) is 2.76. The number of benzene rings is 1. The highest BCUT2D eigenvalue weighted by molar-refractivity contribution is 5.93. The van der Waals surface area contributed by atoms with E-state index in [1.165, 1.54) is 0 Å². The van der Waals surface area contributed by atoms with E-state index in [9.17, 15) is 9.59 Å². The summed E-state index contributed by atoms with van der Waals surface area (Å²) in [5, 5.41) is 0. The van der Waals surface area contributed by atoms with Gasteiger partial charge in [-0.05, 0) is 49.4 Å². The van der Waals surface area contributed by atoms with Crippen LogP contribution in [-0.4, -0.2) is 25.2 Å². The van der Waals surface area contributed by atoms with Crippen LogP contribution in [0.15, 0.2) is 24.3 Å². The lowest BCUT2D eigenvalue weighted by molar-refractivity contribution is 0.0281. The van der Waals surface area contributed by atoms with Crippen LogP contribution in [-0.2, 0) is 9.47 Å². The van der Waals surface area contributed by atoms with Gasteiger partial charge in [0.1, 0.15) is 0 Å². The molecule has 0 aliphatic rings. The normalized spacial score (nSPS) is 14.1. The Morgan fingerprint density at radius 2 is 1.45 bits per heavy atom. The minimum atomic E-state index is -0.341. The summed E-state index contributed by atoms with van der Waals surface area (Å²) in [5.41, 5.74) is 0.946. The van der Waals surface area contributed by atoms with Gasteiger partial charge in [-0.3, -0.25) is 0 Å². The molecule has 0 spiro atoms. The Hall–Kier alpha value is -1.84. The highest BCUT2D eigenvalue weighted by Crippen LogP contribution is 2.28. The lowest BCUT2D eigenvalue weighted by Gasteiger charge is -2.27. The second kappa shape index (κ2) is 13.4. The van der Waals surface area contributed by atoms with Gasteiger partial charge in [0.15, 0.2) is 0 Å². The van der Waals surface area contributed by atoms with E-state index in [4.69, 9.17) is 9.47 Å². The number of unbranched alkanes of at least 4 members (excludes halogenated alkanes) is 2. The quantitative estimate of drug-likeness (QED) is 0.319. The summed E-state index contributed by atoms with van der Waals surface area (Å²) in [6.45, 7) is 11.6. The molecule has 29 heavy (non-hydrogen) atoms. The van der Waals surface area contributed by atoms with Gasteiger partial charge in [0.25, 0.3) is 0 Å². The molecular formula is C25H40O4.